The van der Waals surface area contributed by atoms with Gasteiger partial charge in [0.1, 0.15) is 17.0 Å². The first-order valence-electron chi connectivity index (χ1n) is 13.0. The highest BCUT2D eigenvalue weighted by molar-refractivity contribution is 5.83. The number of hydrogen-bond acceptors (Lipinski definition) is 6. The molecule has 186 valence electrons. The Morgan fingerprint density at radius 2 is 1.81 bits per heavy atom. The summed E-state index contributed by atoms with van der Waals surface area (Å²) >= 11 is 0. The summed E-state index contributed by atoms with van der Waals surface area (Å²) in [5.41, 5.74) is 5.32. The number of fused-ring (bicyclic) bond motifs is 1. The van der Waals surface area contributed by atoms with Gasteiger partial charge >= 0.3 is 0 Å². The van der Waals surface area contributed by atoms with Gasteiger partial charge in [0.2, 0.25) is 0 Å². The molecule has 0 unspecified atom stereocenters. The minimum absolute atomic E-state index is 0.138. The monoisotopic (exact) mass is 485 g/mol. The third-order valence-electron chi connectivity index (χ3n) is 7.03. The molecule has 1 aliphatic heterocycles. The van der Waals surface area contributed by atoms with E-state index < -0.39 is 0 Å². The molecule has 0 spiro atoms. The summed E-state index contributed by atoms with van der Waals surface area (Å²) in [5.74, 6) is 1.28. The van der Waals surface area contributed by atoms with E-state index in [0.29, 0.717) is 18.5 Å². The highest BCUT2D eigenvalue weighted by Gasteiger charge is 2.27. The molecule has 2 fully saturated rings. The number of rotatable bonds is 7. The molecule has 1 saturated heterocycles. The van der Waals surface area contributed by atoms with Gasteiger partial charge in [0.05, 0.1) is 24.0 Å². The van der Waals surface area contributed by atoms with Crippen LogP contribution in [0.5, 0.6) is 0 Å². The minimum Gasteiger partial charge on any atom is -0.352 e. The predicted molar refractivity (Wildman–Crippen MR) is 139 cm³/mol. The molecule has 1 aromatic carbocycles. The third kappa shape index (κ3) is 4.82. The zero-order chi connectivity index (χ0) is 24.6. The molecule has 7 nitrogen and oxygen atoms in total. The first-order valence-corrected chi connectivity index (χ1v) is 13.0. The van der Waals surface area contributed by atoms with Gasteiger partial charge < -0.3 is 4.90 Å². The largest absolute Gasteiger partial charge is 0.352 e. The molecular formula is C28H32FN7. The molecule has 0 amide bonds. The topological polar surface area (TPSA) is 63.0 Å². The van der Waals surface area contributed by atoms with E-state index >= 15 is 0 Å². The molecule has 0 radical (unpaired) electrons. The molecular weight excluding hydrogens is 453 g/mol. The van der Waals surface area contributed by atoms with Crippen molar-refractivity contribution >= 4 is 16.9 Å². The molecule has 6 rings (SSSR count). The van der Waals surface area contributed by atoms with Crippen LogP contribution in [0, 0.1) is 11.7 Å². The number of pyridine rings is 1. The maximum Gasteiger partial charge on any atom is 0.156 e. The lowest BCUT2D eigenvalue weighted by Crippen LogP contribution is -2.46. The van der Waals surface area contributed by atoms with E-state index in [-0.39, 0.29) is 5.82 Å². The van der Waals surface area contributed by atoms with E-state index in [0.717, 1.165) is 72.0 Å². The standard InChI is InChI=1S/C28H32FN7/c1-19(2)13-22-14-25-26(16-30-22)32-27(21-15-31-36(18-21)23-7-8-23)28(33-25)35-11-9-34(10-12-35)17-20-5-3-4-6-24(20)29/h3-6,14-16,18-19,23H,7-13,17H2,1-2H3. The number of halogens is 1. The van der Waals surface area contributed by atoms with Gasteiger partial charge in [-0.3, -0.25) is 14.6 Å². The molecule has 36 heavy (non-hydrogen) atoms. The van der Waals surface area contributed by atoms with E-state index in [4.69, 9.17) is 9.97 Å². The molecule has 0 atom stereocenters. The Balaban J connectivity index is 1.30. The Morgan fingerprint density at radius 1 is 1.00 bits per heavy atom. The first kappa shape index (κ1) is 23.0. The fourth-order valence-electron chi connectivity index (χ4n) is 4.92. The molecule has 1 saturated carbocycles. The number of hydrogen-bond donors (Lipinski definition) is 0. The van der Waals surface area contributed by atoms with Crippen molar-refractivity contribution in [2.75, 3.05) is 31.1 Å². The molecule has 0 bridgehead atoms. The zero-order valence-electron chi connectivity index (χ0n) is 20.9. The van der Waals surface area contributed by atoms with E-state index in [1.54, 1.807) is 6.07 Å². The SMILES string of the molecule is CC(C)Cc1cc2nc(N3CCN(Cc4ccccc4F)CC3)c(-c3cnn(C4CC4)c3)nc2cn1. The maximum atomic E-state index is 14.2. The lowest BCUT2D eigenvalue weighted by Gasteiger charge is -2.36. The summed E-state index contributed by atoms with van der Waals surface area (Å²) < 4.78 is 16.2. The Labute approximate surface area is 211 Å². The second-order valence-electron chi connectivity index (χ2n) is 10.5. The van der Waals surface area contributed by atoms with E-state index in [9.17, 15) is 4.39 Å². The number of aromatic nitrogens is 5. The molecule has 2 aliphatic rings. The Kier molecular flexibility index (Phi) is 6.13. The minimum atomic E-state index is -0.138. The highest BCUT2D eigenvalue weighted by Crippen LogP contribution is 2.36. The molecule has 4 heterocycles. The zero-order valence-corrected chi connectivity index (χ0v) is 20.9. The van der Waals surface area contributed by atoms with Crippen LogP contribution in [0.15, 0.2) is 48.9 Å². The van der Waals surface area contributed by atoms with Gasteiger partial charge in [0.25, 0.3) is 0 Å². The van der Waals surface area contributed by atoms with Gasteiger partial charge in [-0.05, 0) is 37.3 Å². The van der Waals surface area contributed by atoms with Crippen molar-refractivity contribution in [3.05, 3.63) is 66.0 Å². The quantitative estimate of drug-likeness (QED) is 0.372. The summed E-state index contributed by atoms with van der Waals surface area (Å²) in [4.78, 5) is 19.5. The van der Waals surface area contributed by atoms with E-state index in [1.807, 2.05) is 24.5 Å². The van der Waals surface area contributed by atoms with Gasteiger partial charge in [-0.2, -0.15) is 5.10 Å². The number of benzene rings is 1. The molecule has 0 N–H and O–H groups in total. The Bertz CT molecular complexity index is 1370. The number of piperazine rings is 1. The smallest absolute Gasteiger partial charge is 0.156 e. The maximum absolute atomic E-state index is 14.2. The first-order chi connectivity index (χ1) is 17.5. The normalized spacial score (nSPS) is 16.8. The van der Waals surface area contributed by atoms with Crippen LogP contribution in [0.1, 0.15) is 44.0 Å². The van der Waals surface area contributed by atoms with Crippen molar-refractivity contribution in [3.8, 4) is 11.3 Å². The lowest BCUT2D eigenvalue weighted by molar-refractivity contribution is 0.246. The number of nitrogens with zero attached hydrogens (tertiary/aromatic N) is 7. The summed E-state index contributed by atoms with van der Waals surface area (Å²) in [6, 6.07) is 9.64. The van der Waals surface area contributed by atoms with Crippen molar-refractivity contribution in [3.63, 3.8) is 0 Å². The van der Waals surface area contributed by atoms with Crippen LogP contribution in [-0.2, 0) is 13.0 Å². The second kappa shape index (κ2) is 9.58. The van der Waals surface area contributed by atoms with Gasteiger partial charge in [0, 0.05) is 55.7 Å². The molecule has 1 aliphatic carbocycles. The van der Waals surface area contributed by atoms with E-state index in [2.05, 4.69) is 50.7 Å². The third-order valence-corrected chi connectivity index (χ3v) is 7.03. The average Bonchev–Trinajstić information content (AvgIpc) is 3.61. The van der Waals surface area contributed by atoms with Crippen molar-refractivity contribution in [1.29, 1.82) is 0 Å². The van der Waals surface area contributed by atoms with Crippen LogP contribution in [-0.4, -0.2) is 55.8 Å². The molecule has 8 heteroatoms. The van der Waals surface area contributed by atoms with Crippen LogP contribution in [0.3, 0.4) is 0 Å². The van der Waals surface area contributed by atoms with E-state index in [1.165, 1.54) is 18.9 Å². The van der Waals surface area contributed by atoms with Crippen molar-refractivity contribution in [1.82, 2.24) is 29.6 Å². The van der Waals surface area contributed by atoms with Gasteiger partial charge in [-0.1, -0.05) is 32.0 Å². The average molecular weight is 486 g/mol. The van der Waals surface area contributed by atoms with Crippen molar-refractivity contribution < 1.29 is 4.39 Å². The summed E-state index contributed by atoms with van der Waals surface area (Å²) in [5, 5.41) is 4.61. The van der Waals surface area contributed by atoms with Crippen molar-refractivity contribution in [2.24, 2.45) is 5.92 Å². The van der Waals surface area contributed by atoms with Crippen LogP contribution in [0.4, 0.5) is 10.2 Å². The van der Waals surface area contributed by atoms with Crippen LogP contribution < -0.4 is 4.90 Å². The van der Waals surface area contributed by atoms with Crippen molar-refractivity contribution in [2.45, 2.75) is 45.7 Å². The Morgan fingerprint density at radius 3 is 2.56 bits per heavy atom. The van der Waals surface area contributed by atoms with Gasteiger partial charge in [-0.25, -0.2) is 14.4 Å². The fourth-order valence-corrected chi connectivity index (χ4v) is 4.92. The number of anilines is 1. The Hall–Kier alpha value is -3.39. The highest BCUT2D eigenvalue weighted by atomic mass is 19.1. The van der Waals surface area contributed by atoms with Gasteiger partial charge in [0.15, 0.2) is 5.82 Å². The molecule has 3 aromatic heterocycles. The van der Waals surface area contributed by atoms with Crippen LogP contribution in [0.25, 0.3) is 22.3 Å². The van der Waals surface area contributed by atoms with Gasteiger partial charge in [-0.15, -0.1) is 0 Å². The summed E-state index contributed by atoms with van der Waals surface area (Å²) in [7, 11) is 0. The molecule has 4 aromatic rings. The van der Waals surface area contributed by atoms with Crippen LogP contribution >= 0.6 is 0 Å². The second-order valence-corrected chi connectivity index (χ2v) is 10.5. The fraction of sp³-hybridized carbons (Fsp3) is 0.429. The lowest BCUT2D eigenvalue weighted by atomic mass is 10.1. The summed E-state index contributed by atoms with van der Waals surface area (Å²) in [6.45, 7) is 8.31. The van der Waals surface area contributed by atoms with Crippen LogP contribution in [0.2, 0.25) is 0 Å². The predicted octanol–water partition coefficient (Wildman–Crippen LogP) is 4.88. The summed E-state index contributed by atoms with van der Waals surface area (Å²) in [6.07, 6.45) is 9.15.